The number of nitrogen functional groups attached to an aromatic ring is 1. The minimum atomic E-state index is -0.324. The molecule has 2 rings (SSSR count). The maximum absolute atomic E-state index is 11.9. The van der Waals surface area contributed by atoms with Gasteiger partial charge in [-0.15, -0.1) is 0 Å². The van der Waals surface area contributed by atoms with Crippen molar-refractivity contribution in [3.8, 4) is 0 Å². The van der Waals surface area contributed by atoms with E-state index in [0.717, 1.165) is 10.2 Å². The van der Waals surface area contributed by atoms with Crippen LogP contribution in [-0.4, -0.2) is 15.9 Å². The molecular weight excluding hydrogens is 296 g/mol. The fourth-order valence-corrected chi connectivity index (χ4v) is 1.64. The van der Waals surface area contributed by atoms with Gasteiger partial charge in [0.2, 0.25) is 0 Å². The van der Waals surface area contributed by atoms with Gasteiger partial charge < -0.3 is 11.1 Å². The fourth-order valence-electron chi connectivity index (χ4n) is 1.40. The van der Waals surface area contributed by atoms with Gasteiger partial charge in [0.25, 0.3) is 5.91 Å². The number of nitrogens with two attached hydrogens (primary N) is 1. The highest BCUT2D eigenvalue weighted by Gasteiger charge is 2.11. The van der Waals surface area contributed by atoms with E-state index in [1.54, 1.807) is 24.4 Å². The first-order valence-electron chi connectivity index (χ1n) is 5.21. The van der Waals surface area contributed by atoms with E-state index in [0.29, 0.717) is 17.1 Å². The van der Waals surface area contributed by atoms with E-state index in [1.165, 1.54) is 6.20 Å². The number of carbonyl (C=O) groups excluding carboxylic acids is 1. The van der Waals surface area contributed by atoms with Gasteiger partial charge in [-0.05, 0) is 41.1 Å². The Balaban J connectivity index is 2.19. The highest BCUT2D eigenvalue weighted by Crippen LogP contribution is 2.15. The van der Waals surface area contributed by atoms with Gasteiger partial charge in [0.15, 0.2) is 0 Å². The maximum Gasteiger partial charge on any atom is 0.260 e. The summed E-state index contributed by atoms with van der Waals surface area (Å²) in [6, 6.07) is 5.14. The molecule has 18 heavy (non-hydrogen) atoms. The molecule has 5 nitrogen and oxygen atoms in total. The number of pyridine rings is 2. The molecule has 0 bridgehead atoms. The molecule has 0 aliphatic carbocycles. The number of carbonyl (C=O) groups is 1. The Bertz CT molecular complexity index is 583. The van der Waals surface area contributed by atoms with Crippen LogP contribution in [0.25, 0.3) is 0 Å². The Labute approximate surface area is 113 Å². The molecule has 0 aliphatic rings. The molecule has 0 spiro atoms. The van der Waals surface area contributed by atoms with Crippen LogP contribution < -0.4 is 11.1 Å². The Morgan fingerprint density at radius 2 is 2.11 bits per heavy atom. The van der Waals surface area contributed by atoms with E-state index in [1.807, 2.05) is 6.92 Å². The van der Waals surface area contributed by atoms with Gasteiger partial charge >= 0.3 is 0 Å². The normalized spacial score (nSPS) is 10.1. The Kier molecular flexibility index (Phi) is 3.57. The summed E-state index contributed by atoms with van der Waals surface area (Å²) in [4.78, 5) is 20.0. The monoisotopic (exact) mass is 306 g/mol. The van der Waals surface area contributed by atoms with Crippen LogP contribution in [0.5, 0.6) is 0 Å². The SMILES string of the molecule is Cc1cc(N)c(C(=O)Nc2ccc(Br)cn2)cn1. The first-order chi connectivity index (χ1) is 8.56. The lowest BCUT2D eigenvalue weighted by molar-refractivity contribution is 0.102. The second-order valence-corrected chi connectivity index (χ2v) is 4.64. The molecule has 0 atom stereocenters. The molecule has 2 aromatic heterocycles. The first kappa shape index (κ1) is 12.5. The summed E-state index contributed by atoms with van der Waals surface area (Å²) >= 11 is 3.27. The number of amides is 1. The summed E-state index contributed by atoms with van der Waals surface area (Å²) in [5, 5.41) is 2.65. The average Bonchev–Trinajstić information content (AvgIpc) is 2.32. The highest BCUT2D eigenvalue weighted by atomic mass is 79.9. The van der Waals surface area contributed by atoms with Crippen LogP contribution in [0.3, 0.4) is 0 Å². The predicted octanol–water partition coefficient (Wildman–Crippen LogP) is 2.38. The van der Waals surface area contributed by atoms with Gasteiger partial charge in [0.1, 0.15) is 5.82 Å². The highest BCUT2D eigenvalue weighted by molar-refractivity contribution is 9.10. The zero-order valence-electron chi connectivity index (χ0n) is 9.64. The summed E-state index contributed by atoms with van der Waals surface area (Å²) < 4.78 is 0.844. The molecule has 2 aromatic rings. The summed E-state index contributed by atoms with van der Waals surface area (Å²) in [6.45, 7) is 1.81. The number of nitrogens with one attached hydrogen (secondary N) is 1. The van der Waals surface area contributed by atoms with Gasteiger partial charge in [0.05, 0.1) is 5.56 Å². The van der Waals surface area contributed by atoms with Crippen LogP contribution in [0.4, 0.5) is 11.5 Å². The smallest absolute Gasteiger partial charge is 0.260 e. The Morgan fingerprint density at radius 3 is 2.72 bits per heavy atom. The molecule has 0 aliphatic heterocycles. The molecule has 0 aromatic carbocycles. The van der Waals surface area contributed by atoms with Crippen molar-refractivity contribution in [1.82, 2.24) is 9.97 Å². The molecule has 1 amide bonds. The number of aromatic nitrogens is 2. The van der Waals surface area contributed by atoms with Crippen molar-refractivity contribution < 1.29 is 4.79 Å². The number of halogens is 1. The average molecular weight is 307 g/mol. The van der Waals surface area contributed by atoms with Crippen LogP contribution in [0.1, 0.15) is 16.1 Å². The quantitative estimate of drug-likeness (QED) is 0.892. The molecule has 2 heterocycles. The van der Waals surface area contributed by atoms with Gasteiger partial charge in [-0.25, -0.2) is 4.98 Å². The molecular formula is C12H11BrN4O. The van der Waals surface area contributed by atoms with Crippen molar-refractivity contribution in [2.45, 2.75) is 6.92 Å². The molecule has 0 saturated heterocycles. The van der Waals surface area contributed by atoms with E-state index < -0.39 is 0 Å². The Hall–Kier alpha value is -1.95. The van der Waals surface area contributed by atoms with Crippen molar-refractivity contribution in [1.29, 1.82) is 0 Å². The van der Waals surface area contributed by atoms with Crippen molar-refractivity contribution in [3.63, 3.8) is 0 Å². The standard InChI is InChI=1S/C12H11BrN4O/c1-7-4-10(14)9(6-15-7)12(18)17-11-3-2-8(13)5-16-11/h2-6H,1H3,(H2,14,15)(H,16,17,18). The topological polar surface area (TPSA) is 80.9 Å². The van der Waals surface area contributed by atoms with Gasteiger partial charge in [-0.1, -0.05) is 0 Å². The van der Waals surface area contributed by atoms with Crippen LogP contribution >= 0.6 is 15.9 Å². The second-order valence-electron chi connectivity index (χ2n) is 3.73. The molecule has 92 valence electrons. The van der Waals surface area contributed by atoms with Gasteiger partial charge in [0, 0.05) is 28.2 Å². The maximum atomic E-state index is 11.9. The largest absolute Gasteiger partial charge is 0.398 e. The summed E-state index contributed by atoms with van der Waals surface area (Å²) in [5.74, 6) is 0.137. The zero-order chi connectivity index (χ0) is 13.1. The third-order valence-corrected chi connectivity index (χ3v) is 2.76. The predicted molar refractivity (Wildman–Crippen MR) is 73.3 cm³/mol. The lowest BCUT2D eigenvalue weighted by Gasteiger charge is -2.07. The molecule has 0 unspecified atom stereocenters. The first-order valence-corrected chi connectivity index (χ1v) is 6.00. The molecule has 0 radical (unpaired) electrons. The summed E-state index contributed by atoms with van der Waals surface area (Å²) in [7, 11) is 0. The molecule has 0 saturated carbocycles. The van der Waals surface area contributed by atoms with Crippen molar-refractivity contribution in [3.05, 3.63) is 46.3 Å². The van der Waals surface area contributed by atoms with Crippen LogP contribution in [0.15, 0.2) is 35.1 Å². The lowest BCUT2D eigenvalue weighted by Crippen LogP contribution is -2.15. The van der Waals surface area contributed by atoms with E-state index in [4.69, 9.17) is 5.73 Å². The van der Waals surface area contributed by atoms with Crippen molar-refractivity contribution in [2.24, 2.45) is 0 Å². The van der Waals surface area contributed by atoms with Gasteiger partial charge in [-0.2, -0.15) is 0 Å². The molecule has 6 heteroatoms. The number of rotatable bonds is 2. The minimum absolute atomic E-state index is 0.324. The second kappa shape index (κ2) is 5.14. The Morgan fingerprint density at radius 1 is 1.33 bits per heavy atom. The van der Waals surface area contributed by atoms with Crippen LogP contribution in [0.2, 0.25) is 0 Å². The van der Waals surface area contributed by atoms with E-state index >= 15 is 0 Å². The van der Waals surface area contributed by atoms with Crippen LogP contribution in [-0.2, 0) is 0 Å². The minimum Gasteiger partial charge on any atom is -0.398 e. The number of anilines is 2. The van der Waals surface area contributed by atoms with E-state index in [2.05, 4.69) is 31.2 Å². The van der Waals surface area contributed by atoms with E-state index in [9.17, 15) is 4.79 Å². The summed E-state index contributed by atoms with van der Waals surface area (Å²) in [6.07, 6.45) is 3.06. The lowest BCUT2D eigenvalue weighted by atomic mass is 10.2. The van der Waals surface area contributed by atoms with Gasteiger partial charge in [-0.3, -0.25) is 9.78 Å². The van der Waals surface area contributed by atoms with Crippen molar-refractivity contribution >= 4 is 33.3 Å². The number of aryl methyl sites for hydroxylation is 1. The molecule has 0 fully saturated rings. The van der Waals surface area contributed by atoms with Crippen molar-refractivity contribution in [2.75, 3.05) is 11.1 Å². The number of hydrogen-bond acceptors (Lipinski definition) is 4. The number of hydrogen-bond donors (Lipinski definition) is 2. The fraction of sp³-hybridized carbons (Fsp3) is 0.0833. The van der Waals surface area contributed by atoms with Crippen LogP contribution in [0, 0.1) is 6.92 Å². The summed E-state index contributed by atoms with van der Waals surface area (Å²) in [5.41, 5.74) is 7.28. The van der Waals surface area contributed by atoms with E-state index in [-0.39, 0.29) is 5.91 Å². The zero-order valence-corrected chi connectivity index (χ0v) is 11.2. The third kappa shape index (κ3) is 2.84. The third-order valence-electron chi connectivity index (χ3n) is 2.29. The molecule has 3 N–H and O–H groups in total. The number of nitrogens with zero attached hydrogens (tertiary/aromatic N) is 2.